The number of aromatic nitrogens is 3. The second-order valence-electron chi connectivity index (χ2n) is 7.35. The monoisotopic (exact) mass is 410 g/mol. The summed E-state index contributed by atoms with van der Waals surface area (Å²) in [5.41, 5.74) is 2.69. The van der Waals surface area contributed by atoms with Crippen LogP contribution in [0.3, 0.4) is 0 Å². The van der Waals surface area contributed by atoms with Crippen LogP contribution in [-0.4, -0.2) is 44.9 Å². The summed E-state index contributed by atoms with van der Waals surface area (Å²) in [5, 5.41) is 4.54. The fraction of sp³-hybridized carbons (Fsp3) is 0.318. The van der Waals surface area contributed by atoms with Crippen molar-refractivity contribution in [2.24, 2.45) is 7.05 Å². The van der Waals surface area contributed by atoms with E-state index in [0.29, 0.717) is 36.8 Å². The third-order valence-corrected chi connectivity index (χ3v) is 5.55. The number of rotatable bonds is 3. The van der Waals surface area contributed by atoms with E-state index in [1.165, 1.54) is 16.7 Å². The van der Waals surface area contributed by atoms with E-state index >= 15 is 0 Å². The molecule has 1 atom stereocenters. The van der Waals surface area contributed by atoms with Gasteiger partial charge in [-0.3, -0.25) is 9.59 Å². The minimum atomic E-state index is -0.387. The molecule has 0 aliphatic carbocycles. The van der Waals surface area contributed by atoms with Gasteiger partial charge in [0.15, 0.2) is 0 Å². The molecule has 4 rings (SSSR count). The van der Waals surface area contributed by atoms with Gasteiger partial charge < -0.3 is 14.2 Å². The van der Waals surface area contributed by atoms with E-state index < -0.39 is 0 Å². The molecule has 1 fully saturated rings. The molecular formula is C22H23FN4O3. The van der Waals surface area contributed by atoms with Crippen LogP contribution in [0.25, 0.3) is 5.69 Å². The first-order valence-corrected chi connectivity index (χ1v) is 9.76. The summed E-state index contributed by atoms with van der Waals surface area (Å²) < 4.78 is 23.0. The van der Waals surface area contributed by atoms with E-state index in [-0.39, 0.29) is 23.3 Å². The Balaban J connectivity index is 1.77. The first-order chi connectivity index (χ1) is 14.4. The number of ether oxygens (including phenoxy) is 1. The number of hydrogen-bond acceptors (Lipinski definition) is 4. The lowest BCUT2D eigenvalue weighted by molar-refractivity contribution is -0.00360. The second kappa shape index (κ2) is 7.87. The Kier molecular flexibility index (Phi) is 5.26. The smallest absolute Gasteiger partial charge is 0.271 e. The Morgan fingerprint density at radius 1 is 1.17 bits per heavy atom. The molecule has 0 spiro atoms. The Labute approximate surface area is 173 Å². The summed E-state index contributed by atoms with van der Waals surface area (Å²) in [4.78, 5) is 27.0. The second-order valence-corrected chi connectivity index (χ2v) is 7.35. The Morgan fingerprint density at radius 3 is 2.70 bits per heavy atom. The first kappa shape index (κ1) is 20.0. The van der Waals surface area contributed by atoms with Gasteiger partial charge in [0, 0.05) is 30.9 Å². The van der Waals surface area contributed by atoms with E-state index in [2.05, 4.69) is 5.10 Å². The molecule has 1 amide bonds. The molecule has 1 aliphatic heterocycles. The number of nitrogens with zero attached hydrogens (tertiary/aromatic N) is 4. The van der Waals surface area contributed by atoms with Gasteiger partial charge in [-0.15, -0.1) is 0 Å². The molecule has 30 heavy (non-hydrogen) atoms. The maximum Gasteiger partial charge on any atom is 0.271 e. The number of morpholine rings is 1. The number of carbonyl (C=O) groups is 1. The molecule has 8 heteroatoms. The van der Waals surface area contributed by atoms with Crippen molar-refractivity contribution in [1.82, 2.24) is 19.2 Å². The molecular weight excluding hydrogens is 387 g/mol. The summed E-state index contributed by atoms with van der Waals surface area (Å²) in [6, 6.07) is 10.7. The van der Waals surface area contributed by atoms with E-state index in [0.717, 1.165) is 11.3 Å². The molecule has 7 nitrogen and oxygen atoms in total. The fourth-order valence-electron chi connectivity index (χ4n) is 4.01. The predicted molar refractivity (Wildman–Crippen MR) is 109 cm³/mol. The van der Waals surface area contributed by atoms with Crippen molar-refractivity contribution in [3.05, 3.63) is 81.3 Å². The van der Waals surface area contributed by atoms with Gasteiger partial charge in [0.1, 0.15) is 17.2 Å². The molecule has 1 aliphatic rings. The number of aryl methyl sites for hydroxylation is 1. The maximum absolute atomic E-state index is 14.4. The summed E-state index contributed by atoms with van der Waals surface area (Å²) in [7, 11) is 1.58. The van der Waals surface area contributed by atoms with Crippen molar-refractivity contribution in [2.75, 3.05) is 19.8 Å². The number of amides is 1. The van der Waals surface area contributed by atoms with Crippen LogP contribution < -0.4 is 5.56 Å². The molecule has 3 heterocycles. The molecule has 0 saturated carbocycles. The molecule has 3 aromatic rings. The van der Waals surface area contributed by atoms with Crippen molar-refractivity contribution in [3.63, 3.8) is 0 Å². The van der Waals surface area contributed by atoms with Crippen LogP contribution in [0.15, 0.2) is 47.3 Å². The summed E-state index contributed by atoms with van der Waals surface area (Å²) in [6.07, 6.45) is 0. The highest BCUT2D eigenvalue weighted by atomic mass is 19.1. The van der Waals surface area contributed by atoms with Crippen molar-refractivity contribution < 1.29 is 13.9 Å². The minimum absolute atomic E-state index is 0.245. The zero-order valence-corrected chi connectivity index (χ0v) is 17.1. The summed E-state index contributed by atoms with van der Waals surface area (Å²) in [5.74, 6) is -0.622. The SMILES string of the molecule is Cc1nn(-c2ccccc2F)c(C)c1C1COCCN1C(=O)c1cccc(=O)n1C. The summed E-state index contributed by atoms with van der Waals surface area (Å²) in [6.45, 7) is 4.79. The molecule has 1 saturated heterocycles. The highest BCUT2D eigenvalue weighted by molar-refractivity contribution is 5.93. The van der Waals surface area contributed by atoms with E-state index in [1.54, 1.807) is 47.0 Å². The van der Waals surface area contributed by atoms with E-state index in [1.807, 2.05) is 13.8 Å². The van der Waals surface area contributed by atoms with Crippen LogP contribution in [0.4, 0.5) is 4.39 Å². The Morgan fingerprint density at radius 2 is 1.93 bits per heavy atom. The fourth-order valence-corrected chi connectivity index (χ4v) is 4.01. The number of para-hydroxylation sites is 1. The predicted octanol–water partition coefficient (Wildman–Crippen LogP) is 2.54. The third-order valence-electron chi connectivity index (χ3n) is 5.55. The van der Waals surface area contributed by atoms with Gasteiger partial charge >= 0.3 is 0 Å². The normalized spacial score (nSPS) is 16.7. The highest BCUT2D eigenvalue weighted by Crippen LogP contribution is 2.32. The lowest BCUT2D eigenvalue weighted by atomic mass is 10.0. The van der Waals surface area contributed by atoms with Crippen molar-refractivity contribution >= 4 is 5.91 Å². The van der Waals surface area contributed by atoms with Crippen molar-refractivity contribution in [2.45, 2.75) is 19.9 Å². The number of carbonyl (C=O) groups excluding carboxylic acids is 1. The minimum Gasteiger partial charge on any atom is -0.377 e. The molecule has 0 N–H and O–H groups in total. The number of benzene rings is 1. The van der Waals surface area contributed by atoms with Crippen LogP contribution in [0.5, 0.6) is 0 Å². The average molecular weight is 410 g/mol. The van der Waals surface area contributed by atoms with Gasteiger partial charge in [-0.2, -0.15) is 5.10 Å². The Bertz CT molecular complexity index is 1170. The van der Waals surface area contributed by atoms with Gasteiger partial charge in [-0.05, 0) is 32.0 Å². The van der Waals surface area contributed by atoms with Gasteiger partial charge in [0.05, 0.1) is 24.9 Å². The molecule has 2 aromatic heterocycles. The molecule has 1 unspecified atom stereocenters. The maximum atomic E-state index is 14.4. The average Bonchev–Trinajstić information content (AvgIpc) is 3.03. The van der Waals surface area contributed by atoms with Crippen LogP contribution in [0.2, 0.25) is 0 Å². The number of pyridine rings is 1. The van der Waals surface area contributed by atoms with Crippen molar-refractivity contribution in [3.8, 4) is 5.69 Å². The lowest BCUT2D eigenvalue weighted by Gasteiger charge is -2.36. The van der Waals surface area contributed by atoms with E-state index in [9.17, 15) is 14.0 Å². The van der Waals surface area contributed by atoms with Crippen LogP contribution in [-0.2, 0) is 11.8 Å². The molecule has 1 aromatic carbocycles. The number of hydrogen-bond donors (Lipinski definition) is 0. The lowest BCUT2D eigenvalue weighted by Crippen LogP contribution is -2.45. The van der Waals surface area contributed by atoms with Gasteiger partial charge in [-0.1, -0.05) is 18.2 Å². The van der Waals surface area contributed by atoms with Crippen LogP contribution in [0.1, 0.15) is 33.5 Å². The van der Waals surface area contributed by atoms with Gasteiger partial charge in [0.25, 0.3) is 11.5 Å². The zero-order valence-electron chi connectivity index (χ0n) is 17.1. The largest absolute Gasteiger partial charge is 0.377 e. The van der Waals surface area contributed by atoms with E-state index in [4.69, 9.17) is 4.74 Å². The quantitative estimate of drug-likeness (QED) is 0.666. The first-order valence-electron chi connectivity index (χ1n) is 9.76. The van der Waals surface area contributed by atoms with Gasteiger partial charge in [-0.25, -0.2) is 9.07 Å². The molecule has 0 bridgehead atoms. The highest BCUT2D eigenvalue weighted by Gasteiger charge is 2.34. The number of halogens is 1. The Hall–Kier alpha value is -3.26. The van der Waals surface area contributed by atoms with Crippen LogP contribution >= 0.6 is 0 Å². The molecule has 156 valence electrons. The van der Waals surface area contributed by atoms with Crippen molar-refractivity contribution in [1.29, 1.82) is 0 Å². The molecule has 0 radical (unpaired) electrons. The van der Waals surface area contributed by atoms with Gasteiger partial charge in [0.2, 0.25) is 0 Å². The third kappa shape index (κ3) is 3.33. The zero-order chi connectivity index (χ0) is 21.4. The summed E-state index contributed by atoms with van der Waals surface area (Å²) >= 11 is 0. The topological polar surface area (TPSA) is 69.4 Å². The van der Waals surface area contributed by atoms with Crippen LogP contribution in [0, 0.1) is 19.7 Å². The standard InChI is InChI=1S/C22H23FN4O3/c1-14-21(15(2)27(24-14)17-8-5-4-7-16(17)23)19-13-30-12-11-26(19)22(29)18-9-6-10-20(28)25(18)3/h4-10,19H,11-13H2,1-3H3.